The smallest absolute Gasteiger partial charge is 0.230 e. The Balaban J connectivity index is 2.33. The maximum atomic E-state index is 8.57. The lowest BCUT2D eigenvalue weighted by molar-refractivity contribution is 0.600. The fourth-order valence-corrected chi connectivity index (χ4v) is 1.04. The van der Waals surface area contributed by atoms with Gasteiger partial charge in [-0.2, -0.15) is 5.26 Å². The zero-order valence-corrected chi connectivity index (χ0v) is 6.31. The fraction of sp³-hybridized carbons (Fsp3) is 0.125. The van der Waals surface area contributed by atoms with Gasteiger partial charge in [-0.1, -0.05) is 0 Å². The van der Waals surface area contributed by atoms with E-state index in [1.165, 1.54) is 0 Å². The molecule has 0 saturated carbocycles. The van der Waals surface area contributed by atoms with E-state index < -0.39 is 0 Å². The van der Waals surface area contributed by atoms with E-state index in [1.807, 2.05) is 23.2 Å². The van der Waals surface area contributed by atoms with E-state index in [1.54, 1.807) is 12.3 Å². The Morgan fingerprint density at radius 1 is 1.58 bits per heavy atom. The minimum Gasteiger partial charge on any atom is -0.313 e. The van der Waals surface area contributed by atoms with Crippen LogP contribution in [0.4, 0.5) is 0 Å². The number of hydrogen-bond donors (Lipinski definition) is 0. The molecule has 0 saturated heterocycles. The van der Waals surface area contributed by atoms with Crippen LogP contribution in [0.2, 0.25) is 0 Å². The highest BCUT2D eigenvalue weighted by Crippen LogP contribution is 2.10. The number of fused-ring (bicyclic) bond motifs is 1. The van der Waals surface area contributed by atoms with Crippen LogP contribution in [0.15, 0.2) is 34.0 Å². The predicted molar refractivity (Wildman–Crippen MR) is 45.5 cm³/mol. The molecule has 4 nitrogen and oxygen atoms in total. The average molecular weight is 158 g/mol. The molecule has 2 aliphatic rings. The molecular formula is C8H6N4. The van der Waals surface area contributed by atoms with Crippen LogP contribution in [-0.2, 0) is 0 Å². The van der Waals surface area contributed by atoms with Gasteiger partial charge in [0.15, 0.2) is 0 Å². The first-order chi connectivity index (χ1) is 5.90. The van der Waals surface area contributed by atoms with Gasteiger partial charge in [0.2, 0.25) is 5.96 Å². The third-order valence-electron chi connectivity index (χ3n) is 1.62. The van der Waals surface area contributed by atoms with Gasteiger partial charge in [-0.15, -0.1) is 0 Å². The highest BCUT2D eigenvalue weighted by molar-refractivity contribution is 5.95. The van der Waals surface area contributed by atoms with Crippen LogP contribution in [0.25, 0.3) is 0 Å². The third-order valence-corrected chi connectivity index (χ3v) is 1.62. The first kappa shape index (κ1) is 6.80. The minimum absolute atomic E-state index is 0.439. The summed E-state index contributed by atoms with van der Waals surface area (Å²) in [6.45, 7) is 0.676. The number of allylic oxidation sites excluding steroid dienone is 2. The molecule has 2 heterocycles. The summed E-state index contributed by atoms with van der Waals surface area (Å²) in [5.41, 5.74) is 0.439. The molecule has 0 atom stereocenters. The molecule has 0 amide bonds. The summed E-state index contributed by atoms with van der Waals surface area (Å²) in [4.78, 5) is 9.91. The number of aliphatic imine (C=N–C) groups is 2. The van der Waals surface area contributed by atoms with Crippen LogP contribution in [0.3, 0.4) is 0 Å². The molecule has 0 aromatic carbocycles. The van der Waals surface area contributed by atoms with Gasteiger partial charge in [-0.3, -0.25) is 0 Å². The maximum Gasteiger partial charge on any atom is 0.230 e. The van der Waals surface area contributed by atoms with E-state index in [4.69, 9.17) is 5.26 Å². The molecule has 0 spiro atoms. The van der Waals surface area contributed by atoms with Gasteiger partial charge < -0.3 is 4.90 Å². The van der Waals surface area contributed by atoms with Crippen molar-refractivity contribution in [2.75, 3.05) is 6.54 Å². The lowest BCUT2D eigenvalue weighted by Crippen LogP contribution is -2.28. The van der Waals surface area contributed by atoms with Crippen LogP contribution >= 0.6 is 0 Å². The Hall–Kier alpha value is -1.89. The number of rotatable bonds is 0. The van der Waals surface area contributed by atoms with Crippen LogP contribution in [0.1, 0.15) is 0 Å². The monoisotopic (exact) mass is 158 g/mol. The standard InChI is InChI=1S/C8H6N4/c9-6-7-2-5-12-4-1-3-10-8(12)11-7/h1-4H,5H2. The largest absolute Gasteiger partial charge is 0.313 e. The summed E-state index contributed by atoms with van der Waals surface area (Å²) in [5.74, 6) is 0.594. The van der Waals surface area contributed by atoms with E-state index in [9.17, 15) is 0 Å². The molecule has 0 bridgehead atoms. The predicted octanol–water partition coefficient (Wildman–Crippen LogP) is 0.664. The Labute approximate surface area is 69.8 Å². The van der Waals surface area contributed by atoms with Crippen molar-refractivity contribution >= 4 is 12.2 Å². The maximum absolute atomic E-state index is 8.57. The molecule has 0 aliphatic carbocycles. The van der Waals surface area contributed by atoms with E-state index in [2.05, 4.69) is 9.98 Å². The van der Waals surface area contributed by atoms with Gasteiger partial charge in [0.25, 0.3) is 0 Å². The van der Waals surface area contributed by atoms with E-state index in [0.717, 1.165) is 0 Å². The van der Waals surface area contributed by atoms with E-state index >= 15 is 0 Å². The Morgan fingerprint density at radius 2 is 2.50 bits per heavy atom. The summed E-state index contributed by atoms with van der Waals surface area (Å²) in [7, 11) is 0. The van der Waals surface area contributed by atoms with E-state index in [-0.39, 0.29) is 0 Å². The van der Waals surface area contributed by atoms with Crippen LogP contribution in [0.5, 0.6) is 0 Å². The second-order valence-electron chi connectivity index (χ2n) is 2.39. The Bertz CT molecular complexity index is 354. The van der Waals surface area contributed by atoms with Gasteiger partial charge in [0, 0.05) is 19.0 Å². The second kappa shape index (κ2) is 2.62. The number of guanidine groups is 1. The third kappa shape index (κ3) is 1.01. The molecule has 2 rings (SSSR count). The molecule has 2 aliphatic heterocycles. The second-order valence-corrected chi connectivity index (χ2v) is 2.39. The lowest BCUT2D eigenvalue weighted by atomic mass is 10.3. The SMILES string of the molecule is N#CC1=CCN2C=CC=NC2=N1. The quantitative estimate of drug-likeness (QED) is 0.520. The topological polar surface area (TPSA) is 51.8 Å². The molecule has 0 unspecified atom stereocenters. The van der Waals surface area contributed by atoms with Gasteiger partial charge in [0.05, 0.1) is 0 Å². The summed E-state index contributed by atoms with van der Waals surface area (Å²) in [5, 5.41) is 8.57. The number of nitriles is 1. The summed E-state index contributed by atoms with van der Waals surface area (Å²) in [6.07, 6.45) is 7.16. The summed E-state index contributed by atoms with van der Waals surface area (Å²) >= 11 is 0. The average Bonchev–Trinajstić information content (AvgIpc) is 2.17. The van der Waals surface area contributed by atoms with Crippen molar-refractivity contribution in [3.8, 4) is 6.07 Å². The minimum atomic E-state index is 0.439. The molecule has 0 N–H and O–H groups in total. The Kier molecular flexibility index (Phi) is 1.49. The van der Waals surface area contributed by atoms with Gasteiger partial charge in [-0.05, 0) is 12.2 Å². The molecule has 12 heavy (non-hydrogen) atoms. The van der Waals surface area contributed by atoms with Gasteiger partial charge >= 0.3 is 0 Å². The zero-order valence-electron chi connectivity index (χ0n) is 6.31. The van der Waals surface area contributed by atoms with Crippen LogP contribution < -0.4 is 0 Å². The highest BCUT2D eigenvalue weighted by Gasteiger charge is 2.13. The molecule has 4 heteroatoms. The first-order valence-electron chi connectivity index (χ1n) is 3.56. The highest BCUT2D eigenvalue weighted by atomic mass is 15.3. The van der Waals surface area contributed by atoms with Crippen LogP contribution in [-0.4, -0.2) is 23.6 Å². The van der Waals surface area contributed by atoms with Crippen molar-refractivity contribution in [2.45, 2.75) is 0 Å². The van der Waals surface area contributed by atoms with Crippen molar-refractivity contribution in [3.63, 3.8) is 0 Å². The van der Waals surface area contributed by atoms with Gasteiger partial charge in [0.1, 0.15) is 11.8 Å². The zero-order chi connectivity index (χ0) is 8.39. The molecule has 0 radical (unpaired) electrons. The number of nitrogens with zero attached hydrogens (tertiary/aromatic N) is 4. The number of hydrogen-bond acceptors (Lipinski definition) is 4. The fourth-order valence-electron chi connectivity index (χ4n) is 1.04. The molecule has 0 fully saturated rings. The lowest BCUT2D eigenvalue weighted by Gasteiger charge is -2.21. The molecule has 0 aromatic heterocycles. The normalized spacial score (nSPS) is 19.4. The molecule has 0 aromatic rings. The van der Waals surface area contributed by atoms with Crippen molar-refractivity contribution < 1.29 is 0 Å². The Morgan fingerprint density at radius 3 is 3.33 bits per heavy atom. The van der Waals surface area contributed by atoms with Crippen LogP contribution in [0, 0.1) is 11.3 Å². The van der Waals surface area contributed by atoms with Gasteiger partial charge in [-0.25, -0.2) is 9.98 Å². The first-order valence-corrected chi connectivity index (χ1v) is 3.56. The van der Waals surface area contributed by atoms with E-state index in [0.29, 0.717) is 18.2 Å². The van der Waals surface area contributed by atoms with Crippen molar-refractivity contribution in [3.05, 3.63) is 24.0 Å². The molecule has 58 valence electrons. The summed E-state index contributed by atoms with van der Waals surface area (Å²) < 4.78 is 0. The van der Waals surface area contributed by atoms with Crippen molar-refractivity contribution in [1.82, 2.24) is 4.90 Å². The van der Waals surface area contributed by atoms with Crippen molar-refractivity contribution in [1.29, 1.82) is 5.26 Å². The van der Waals surface area contributed by atoms with Crippen molar-refractivity contribution in [2.24, 2.45) is 9.98 Å². The summed E-state index contributed by atoms with van der Waals surface area (Å²) in [6, 6.07) is 1.99. The molecular weight excluding hydrogens is 152 g/mol.